The molecule has 0 aromatic carbocycles. The number of hydrogen-bond donors (Lipinski definition) is 1. The van der Waals surface area contributed by atoms with E-state index in [1.165, 1.54) is 68.9 Å². The highest BCUT2D eigenvalue weighted by molar-refractivity contribution is 7.11. The van der Waals surface area contributed by atoms with Crippen LogP contribution in [0.5, 0.6) is 0 Å². The van der Waals surface area contributed by atoms with Crippen LogP contribution in [0.15, 0.2) is 0 Å². The van der Waals surface area contributed by atoms with Crippen molar-refractivity contribution in [3.05, 3.63) is 15.6 Å². The van der Waals surface area contributed by atoms with Crippen molar-refractivity contribution >= 4 is 11.3 Å². The van der Waals surface area contributed by atoms with E-state index in [4.69, 9.17) is 4.98 Å². The van der Waals surface area contributed by atoms with Crippen LogP contribution in [0.3, 0.4) is 0 Å². The van der Waals surface area contributed by atoms with E-state index < -0.39 is 0 Å². The first-order valence-electron chi connectivity index (χ1n) is 8.53. The molecule has 1 N–H and O–H groups in total. The number of nitrogens with zero attached hydrogens (tertiary/aromatic N) is 2. The lowest BCUT2D eigenvalue weighted by Crippen LogP contribution is -2.50. The lowest BCUT2D eigenvalue weighted by atomic mass is 9.87. The fourth-order valence-electron chi connectivity index (χ4n) is 3.76. The first-order valence-corrected chi connectivity index (χ1v) is 9.35. The molecule has 0 saturated carbocycles. The molecule has 1 aliphatic carbocycles. The summed E-state index contributed by atoms with van der Waals surface area (Å²) in [5.74, 6) is 0.763. The Bertz CT molecular complexity index is 449. The third-order valence-corrected chi connectivity index (χ3v) is 6.43. The summed E-state index contributed by atoms with van der Waals surface area (Å²) in [6, 6.07) is 0. The van der Waals surface area contributed by atoms with Crippen LogP contribution in [0.25, 0.3) is 0 Å². The minimum Gasteiger partial charge on any atom is -0.308 e. The summed E-state index contributed by atoms with van der Waals surface area (Å²) < 4.78 is 0. The summed E-state index contributed by atoms with van der Waals surface area (Å²) >= 11 is 1.99. The molecule has 1 fully saturated rings. The highest BCUT2D eigenvalue weighted by Gasteiger charge is 2.38. The molecule has 3 rings (SSSR count). The third kappa shape index (κ3) is 3.17. The number of aryl methyl sites for hydroxylation is 2. The Morgan fingerprint density at radius 3 is 2.57 bits per heavy atom. The summed E-state index contributed by atoms with van der Waals surface area (Å²) in [7, 11) is 2.12. The van der Waals surface area contributed by atoms with Gasteiger partial charge in [-0.05, 0) is 51.5 Å². The molecule has 0 amide bonds. The normalized spacial score (nSPS) is 22.5. The van der Waals surface area contributed by atoms with Gasteiger partial charge in [-0.15, -0.1) is 11.3 Å². The molecule has 0 atom stereocenters. The molecule has 2 aliphatic rings. The molecule has 0 unspecified atom stereocenters. The zero-order chi connectivity index (χ0) is 14.9. The van der Waals surface area contributed by atoms with Crippen LogP contribution in [0, 0.1) is 5.92 Å². The summed E-state index contributed by atoms with van der Waals surface area (Å²) in [6.45, 7) is 8.25. The monoisotopic (exact) mass is 307 g/mol. The first-order chi connectivity index (χ1) is 10.1. The van der Waals surface area contributed by atoms with Crippen molar-refractivity contribution in [3.8, 4) is 0 Å². The summed E-state index contributed by atoms with van der Waals surface area (Å²) in [4.78, 5) is 9.23. The maximum atomic E-state index is 5.04. The standard InChI is InChI=1S/C17H29N3S/c1-13(2)12-20-10-8-17(18-3,9-11-20)16-19-14-6-4-5-7-15(14)21-16/h13,18H,4-12H2,1-3H3. The van der Waals surface area contributed by atoms with Gasteiger partial charge < -0.3 is 10.2 Å². The Kier molecular flexibility index (Phi) is 4.67. The van der Waals surface area contributed by atoms with Crippen molar-refractivity contribution in [1.29, 1.82) is 0 Å². The van der Waals surface area contributed by atoms with Crippen LogP contribution in [0.4, 0.5) is 0 Å². The minimum atomic E-state index is 0.134. The lowest BCUT2D eigenvalue weighted by Gasteiger charge is -2.41. The van der Waals surface area contributed by atoms with E-state index in [1.54, 1.807) is 4.88 Å². The molecule has 21 heavy (non-hydrogen) atoms. The molecule has 2 heterocycles. The number of aromatic nitrogens is 1. The molecule has 3 nitrogen and oxygen atoms in total. The largest absolute Gasteiger partial charge is 0.308 e. The number of rotatable bonds is 4. The molecule has 0 bridgehead atoms. The summed E-state index contributed by atoms with van der Waals surface area (Å²) in [5, 5.41) is 5.00. The van der Waals surface area contributed by atoms with Crippen molar-refractivity contribution in [2.45, 2.75) is 57.9 Å². The highest BCUT2D eigenvalue weighted by atomic mass is 32.1. The summed E-state index contributed by atoms with van der Waals surface area (Å²) in [6.07, 6.45) is 7.52. The van der Waals surface area contributed by atoms with Gasteiger partial charge in [0, 0.05) is 24.5 Å². The van der Waals surface area contributed by atoms with Crippen molar-refractivity contribution < 1.29 is 0 Å². The van der Waals surface area contributed by atoms with E-state index in [-0.39, 0.29) is 5.54 Å². The van der Waals surface area contributed by atoms with Gasteiger partial charge in [-0.1, -0.05) is 13.8 Å². The Labute approximate surface area is 133 Å². The van der Waals surface area contributed by atoms with Crippen LogP contribution in [0.2, 0.25) is 0 Å². The molecule has 1 aliphatic heterocycles. The average Bonchev–Trinajstić information content (AvgIpc) is 2.92. The third-order valence-electron chi connectivity index (χ3n) is 5.07. The Morgan fingerprint density at radius 1 is 1.24 bits per heavy atom. The Balaban J connectivity index is 1.74. The van der Waals surface area contributed by atoms with Gasteiger partial charge in [-0.2, -0.15) is 0 Å². The Morgan fingerprint density at radius 2 is 1.95 bits per heavy atom. The van der Waals surface area contributed by atoms with Gasteiger partial charge in [0.05, 0.1) is 11.2 Å². The SMILES string of the molecule is CNC1(c2nc3c(s2)CCCC3)CCN(CC(C)C)CC1. The van der Waals surface area contributed by atoms with Crippen molar-refractivity contribution in [3.63, 3.8) is 0 Å². The van der Waals surface area contributed by atoms with Gasteiger partial charge in [0.15, 0.2) is 0 Å². The van der Waals surface area contributed by atoms with Gasteiger partial charge in [0.1, 0.15) is 5.01 Å². The number of likely N-dealkylation sites (tertiary alicyclic amines) is 1. The quantitative estimate of drug-likeness (QED) is 0.926. The van der Waals surface area contributed by atoms with E-state index in [9.17, 15) is 0 Å². The number of piperidine rings is 1. The number of nitrogens with one attached hydrogen (secondary N) is 1. The number of thiazole rings is 1. The fourth-order valence-corrected chi connectivity index (χ4v) is 5.16. The molecule has 0 radical (unpaired) electrons. The second-order valence-corrected chi connectivity index (χ2v) is 8.21. The van der Waals surface area contributed by atoms with Crippen LogP contribution >= 0.6 is 11.3 Å². The van der Waals surface area contributed by atoms with Crippen molar-refractivity contribution in [1.82, 2.24) is 15.2 Å². The van der Waals surface area contributed by atoms with E-state index >= 15 is 0 Å². The molecular weight excluding hydrogens is 278 g/mol. The van der Waals surface area contributed by atoms with E-state index in [0.29, 0.717) is 0 Å². The van der Waals surface area contributed by atoms with Crippen LogP contribution in [-0.4, -0.2) is 36.6 Å². The van der Waals surface area contributed by atoms with Crippen LogP contribution in [-0.2, 0) is 18.4 Å². The maximum absolute atomic E-state index is 5.04. The molecule has 4 heteroatoms. The van der Waals surface area contributed by atoms with Crippen LogP contribution < -0.4 is 5.32 Å². The molecule has 118 valence electrons. The minimum absolute atomic E-state index is 0.134. The molecule has 1 aromatic heterocycles. The molecule has 1 saturated heterocycles. The fraction of sp³-hybridized carbons (Fsp3) is 0.824. The second kappa shape index (κ2) is 6.35. The van der Waals surface area contributed by atoms with Gasteiger partial charge in [-0.25, -0.2) is 4.98 Å². The van der Waals surface area contributed by atoms with Gasteiger partial charge in [-0.3, -0.25) is 0 Å². The lowest BCUT2D eigenvalue weighted by molar-refractivity contribution is 0.129. The van der Waals surface area contributed by atoms with E-state index in [2.05, 4.69) is 31.1 Å². The van der Waals surface area contributed by atoms with Crippen molar-refractivity contribution in [2.75, 3.05) is 26.7 Å². The second-order valence-electron chi connectivity index (χ2n) is 7.12. The molecule has 0 spiro atoms. The zero-order valence-electron chi connectivity index (χ0n) is 13.7. The Hall–Kier alpha value is -0.450. The molecular formula is C17H29N3S. The highest BCUT2D eigenvalue weighted by Crippen LogP contribution is 2.38. The van der Waals surface area contributed by atoms with Crippen molar-refractivity contribution in [2.24, 2.45) is 5.92 Å². The topological polar surface area (TPSA) is 28.2 Å². The zero-order valence-corrected chi connectivity index (χ0v) is 14.6. The summed E-state index contributed by atoms with van der Waals surface area (Å²) in [5.41, 5.74) is 1.54. The molecule has 1 aromatic rings. The number of hydrogen-bond acceptors (Lipinski definition) is 4. The van der Waals surface area contributed by atoms with Crippen LogP contribution in [0.1, 0.15) is 55.1 Å². The average molecular weight is 308 g/mol. The van der Waals surface area contributed by atoms with Gasteiger partial charge in [0.25, 0.3) is 0 Å². The van der Waals surface area contributed by atoms with E-state index in [0.717, 1.165) is 5.92 Å². The predicted octanol–water partition coefficient (Wildman–Crippen LogP) is 3.19. The maximum Gasteiger partial charge on any atom is 0.113 e. The smallest absolute Gasteiger partial charge is 0.113 e. The van der Waals surface area contributed by atoms with E-state index in [1.807, 2.05) is 11.3 Å². The predicted molar refractivity (Wildman–Crippen MR) is 90.0 cm³/mol. The first kappa shape index (κ1) is 15.4. The van der Waals surface area contributed by atoms with Gasteiger partial charge >= 0.3 is 0 Å². The van der Waals surface area contributed by atoms with Gasteiger partial charge in [0.2, 0.25) is 0 Å². The number of fused-ring (bicyclic) bond motifs is 1.